The van der Waals surface area contributed by atoms with E-state index in [-0.39, 0.29) is 11.3 Å². The van der Waals surface area contributed by atoms with E-state index in [2.05, 4.69) is 13.8 Å². The number of carboxylic acid groups (broad SMARTS) is 1. The van der Waals surface area contributed by atoms with E-state index in [1.165, 1.54) is 0 Å². The second kappa shape index (κ2) is 8.62. The minimum atomic E-state index is -1.08. The number of carbonyl (C=O) groups is 1. The molecule has 0 bridgehead atoms. The Labute approximate surface area is 121 Å². The van der Waals surface area contributed by atoms with Crippen LogP contribution < -0.4 is 5.11 Å². The normalized spacial score (nSPS) is 10.7. The molecule has 0 aliphatic heterocycles. The highest BCUT2D eigenvalue weighted by Crippen LogP contribution is 2.26. The number of rotatable bonds is 9. The molecule has 3 nitrogen and oxygen atoms in total. The first kappa shape index (κ1) is 16.5. The summed E-state index contributed by atoms with van der Waals surface area (Å²) >= 11 is 0. The summed E-state index contributed by atoms with van der Waals surface area (Å²) in [6.07, 6.45) is 7.55. The lowest BCUT2D eigenvalue weighted by Gasteiger charge is -2.20. The van der Waals surface area contributed by atoms with E-state index in [4.69, 9.17) is 0 Å². The van der Waals surface area contributed by atoms with E-state index in [1.807, 2.05) is 12.1 Å². The smallest absolute Gasteiger partial charge is 0.335 e. The first-order valence-corrected chi connectivity index (χ1v) is 7.66. The summed E-state index contributed by atoms with van der Waals surface area (Å²) in [6.45, 7) is 4.21. The van der Waals surface area contributed by atoms with E-state index in [0.29, 0.717) is 24.0 Å². The fourth-order valence-electron chi connectivity index (χ4n) is 2.44. The zero-order chi connectivity index (χ0) is 15.0. The second-order valence-corrected chi connectivity index (χ2v) is 5.31. The third kappa shape index (κ3) is 4.55. The number of unbranched alkanes of at least 4 members (excludes halogenated alkanes) is 4. The Morgan fingerprint density at radius 3 is 2.00 bits per heavy atom. The maximum atomic E-state index is 12.3. The maximum absolute atomic E-state index is 12.3. The van der Waals surface area contributed by atoms with Gasteiger partial charge in [-0.2, -0.15) is 0 Å². The van der Waals surface area contributed by atoms with Crippen molar-refractivity contribution in [2.45, 2.75) is 65.2 Å². The Kier molecular flexibility index (Phi) is 7.13. The molecule has 1 aromatic carbocycles. The van der Waals surface area contributed by atoms with Crippen LogP contribution in [0.25, 0.3) is 0 Å². The summed E-state index contributed by atoms with van der Waals surface area (Å²) in [6, 6.07) is 3.66. The van der Waals surface area contributed by atoms with E-state index in [0.717, 1.165) is 38.5 Å². The number of benzene rings is 1. The van der Waals surface area contributed by atoms with Crippen LogP contribution in [0.4, 0.5) is 0 Å². The van der Waals surface area contributed by atoms with E-state index >= 15 is 0 Å². The summed E-state index contributed by atoms with van der Waals surface area (Å²) in [4.78, 5) is 11.4. The molecule has 1 aromatic rings. The first-order chi connectivity index (χ1) is 9.61. The molecular weight excluding hydrogens is 252 g/mol. The van der Waals surface area contributed by atoms with E-state index in [1.54, 1.807) is 0 Å². The molecular formula is C17H25O3-. The quantitative estimate of drug-likeness (QED) is 0.696. The third-order valence-electron chi connectivity index (χ3n) is 3.64. The Morgan fingerprint density at radius 1 is 1.00 bits per heavy atom. The van der Waals surface area contributed by atoms with Crippen molar-refractivity contribution >= 4 is 5.97 Å². The predicted molar refractivity (Wildman–Crippen MR) is 79.3 cm³/mol. The molecule has 0 saturated carbocycles. The lowest BCUT2D eigenvalue weighted by atomic mass is 9.95. The van der Waals surface area contributed by atoms with Crippen molar-refractivity contribution in [2.75, 3.05) is 0 Å². The van der Waals surface area contributed by atoms with Gasteiger partial charge in [-0.05, 0) is 31.2 Å². The minimum Gasteiger partial charge on any atom is -0.872 e. The van der Waals surface area contributed by atoms with E-state index < -0.39 is 5.97 Å². The molecule has 0 aromatic heterocycles. The maximum Gasteiger partial charge on any atom is 0.335 e. The Bertz CT molecular complexity index is 438. The largest absolute Gasteiger partial charge is 0.872 e. The fourth-order valence-corrected chi connectivity index (χ4v) is 2.44. The zero-order valence-corrected chi connectivity index (χ0v) is 12.6. The van der Waals surface area contributed by atoms with Crippen molar-refractivity contribution in [2.24, 2.45) is 0 Å². The van der Waals surface area contributed by atoms with Gasteiger partial charge in [0, 0.05) is 0 Å². The fraction of sp³-hybridized carbons (Fsp3) is 0.588. The van der Waals surface area contributed by atoms with E-state index in [9.17, 15) is 15.0 Å². The van der Waals surface area contributed by atoms with Crippen molar-refractivity contribution < 1.29 is 15.0 Å². The zero-order valence-electron chi connectivity index (χ0n) is 12.6. The highest BCUT2D eigenvalue weighted by Gasteiger charge is 2.13. The van der Waals surface area contributed by atoms with Crippen molar-refractivity contribution in [3.05, 3.63) is 28.8 Å². The Hall–Kier alpha value is -1.51. The van der Waals surface area contributed by atoms with Gasteiger partial charge in [-0.3, -0.25) is 0 Å². The van der Waals surface area contributed by atoms with Crippen molar-refractivity contribution in [1.29, 1.82) is 0 Å². The molecule has 0 radical (unpaired) electrons. The van der Waals surface area contributed by atoms with Crippen LogP contribution in [0.3, 0.4) is 0 Å². The van der Waals surface area contributed by atoms with Crippen LogP contribution in [0, 0.1) is 0 Å². The molecule has 112 valence electrons. The number of aryl methyl sites for hydroxylation is 2. The van der Waals surface area contributed by atoms with Gasteiger partial charge in [0.2, 0.25) is 0 Å². The van der Waals surface area contributed by atoms with Crippen LogP contribution in [0.5, 0.6) is 5.75 Å². The van der Waals surface area contributed by atoms with Gasteiger partial charge in [0.05, 0.1) is 5.56 Å². The molecule has 0 aliphatic carbocycles. The average Bonchev–Trinajstić information content (AvgIpc) is 2.41. The first-order valence-electron chi connectivity index (χ1n) is 7.66. The highest BCUT2D eigenvalue weighted by molar-refractivity contribution is 5.93. The van der Waals surface area contributed by atoms with Gasteiger partial charge in [-0.25, -0.2) is 4.79 Å². The number of hydrogen-bond donors (Lipinski definition) is 1. The number of hydrogen-bond acceptors (Lipinski definition) is 2. The summed E-state index contributed by atoms with van der Waals surface area (Å²) in [5.74, 6) is -1.36. The van der Waals surface area contributed by atoms with Crippen LogP contribution in [0.1, 0.15) is 73.9 Å². The van der Waals surface area contributed by atoms with Crippen molar-refractivity contribution in [3.63, 3.8) is 0 Å². The lowest BCUT2D eigenvalue weighted by Crippen LogP contribution is -2.11. The summed E-state index contributed by atoms with van der Waals surface area (Å²) in [7, 11) is 0. The average molecular weight is 277 g/mol. The molecule has 0 atom stereocenters. The molecule has 0 amide bonds. The standard InChI is InChI=1S/C17H26O3/c1-3-5-7-9-13-11-12-14(10-8-6-4-2)16(18)15(13)17(19)20/h11-12,18H,3-10H2,1-2H3,(H,19,20)/p-1. The highest BCUT2D eigenvalue weighted by atomic mass is 16.4. The molecule has 0 aliphatic rings. The summed E-state index contributed by atoms with van der Waals surface area (Å²) in [5.41, 5.74) is 1.33. The van der Waals surface area contributed by atoms with Crippen molar-refractivity contribution in [1.82, 2.24) is 0 Å². The monoisotopic (exact) mass is 277 g/mol. The SMILES string of the molecule is CCCCCc1ccc(CCCCC)c(C(=O)O)c1[O-]. The molecule has 0 unspecified atom stereocenters. The molecule has 0 saturated heterocycles. The molecule has 1 rings (SSSR count). The van der Waals surface area contributed by atoms with Crippen LogP contribution in [0.2, 0.25) is 0 Å². The van der Waals surface area contributed by atoms with Gasteiger partial charge in [-0.15, -0.1) is 0 Å². The molecule has 0 heterocycles. The van der Waals surface area contributed by atoms with Gasteiger partial charge in [0.15, 0.2) is 0 Å². The van der Waals surface area contributed by atoms with Crippen LogP contribution in [0.15, 0.2) is 12.1 Å². The number of carboxylic acids is 1. The Morgan fingerprint density at radius 2 is 1.50 bits per heavy atom. The summed E-state index contributed by atoms with van der Waals surface area (Å²) in [5, 5.41) is 21.6. The van der Waals surface area contributed by atoms with Crippen LogP contribution >= 0.6 is 0 Å². The van der Waals surface area contributed by atoms with Crippen LogP contribution in [-0.4, -0.2) is 11.1 Å². The van der Waals surface area contributed by atoms with Gasteiger partial charge >= 0.3 is 5.97 Å². The van der Waals surface area contributed by atoms with Gasteiger partial charge in [-0.1, -0.05) is 63.0 Å². The molecule has 20 heavy (non-hydrogen) atoms. The van der Waals surface area contributed by atoms with Gasteiger partial charge < -0.3 is 10.2 Å². The van der Waals surface area contributed by atoms with Gasteiger partial charge in [0.1, 0.15) is 0 Å². The number of aromatic carboxylic acids is 1. The molecule has 0 fully saturated rings. The molecule has 3 heteroatoms. The molecule has 0 spiro atoms. The topological polar surface area (TPSA) is 60.4 Å². The summed E-state index contributed by atoms with van der Waals surface area (Å²) < 4.78 is 0. The molecule has 1 N–H and O–H groups in total. The predicted octanol–water partition coefficient (Wildman–Crippen LogP) is 3.92. The minimum absolute atomic E-state index is 0.00454. The lowest BCUT2D eigenvalue weighted by molar-refractivity contribution is -0.270. The Balaban J connectivity index is 2.91. The van der Waals surface area contributed by atoms with Gasteiger partial charge in [0.25, 0.3) is 0 Å². The second-order valence-electron chi connectivity index (χ2n) is 5.31. The third-order valence-corrected chi connectivity index (χ3v) is 3.64. The van der Waals surface area contributed by atoms with Crippen molar-refractivity contribution in [3.8, 4) is 5.75 Å². The van der Waals surface area contributed by atoms with Crippen LogP contribution in [-0.2, 0) is 12.8 Å².